The molecule has 0 spiro atoms. The summed E-state index contributed by atoms with van der Waals surface area (Å²) in [5.74, 6) is 0.774. The molecule has 0 aliphatic rings. The fraction of sp³-hybridized carbons (Fsp3) is 0.600. The zero-order chi connectivity index (χ0) is 8.04. The average Bonchev–Trinajstić information content (AvgIpc) is 1.89. The largest absolute Gasteiger partial charge is 0.356 e. The lowest BCUT2D eigenvalue weighted by Gasteiger charge is -2.08. The van der Waals surface area contributed by atoms with Crippen LogP contribution in [0.25, 0.3) is 0 Å². The molecule has 0 fully saturated rings. The fourth-order valence-electron chi connectivity index (χ4n) is 0.406. The van der Waals surface area contributed by atoms with E-state index in [1.165, 1.54) is 7.11 Å². The van der Waals surface area contributed by atoms with Crippen LogP contribution in [0.5, 0.6) is 0 Å². The Kier molecular flexibility index (Phi) is 4.52. The molecular formula is C5H10FO3P. The van der Waals surface area contributed by atoms with Crippen molar-refractivity contribution in [1.29, 1.82) is 0 Å². The maximum atomic E-state index is 11.5. The van der Waals surface area contributed by atoms with Gasteiger partial charge in [0.15, 0.2) is 0 Å². The standard InChI is InChI=1S/C5H10FO3P/c1-3-9-10(7,8-2)5-4-6/h4-5H,3H2,1-2H3. The Labute approximate surface area is 59.4 Å². The molecule has 0 radical (unpaired) electrons. The maximum Gasteiger partial charge on any atom is 0.356 e. The molecule has 0 bridgehead atoms. The Morgan fingerprint density at radius 1 is 1.70 bits per heavy atom. The van der Waals surface area contributed by atoms with Crippen molar-refractivity contribution in [2.24, 2.45) is 0 Å². The molecule has 1 atom stereocenters. The van der Waals surface area contributed by atoms with Gasteiger partial charge in [0.1, 0.15) is 0 Å². The third-order valence-corrected chi connectivity index (χ3v) is 2.41. The van der Waals surface area contributed by atoms with Gasteiger partial charge in [0.25, 0.3) is 0 Å². The molecule has 60 valence electrons. The Balaban J connectivity index is 4.09. The van der Waals surface area contributed by atoms with E-state index in [1.54, 1.807) is 6.92 Å². The van der Waals surface area contributed by atoms with Gasteiger partial charge in [-0.25, -0.2) is 4.39 Å². The van der Waals surface area contributed by atoms with Crippen LogP contribution in [0.1, 0.15) is 6.92 Å². The van der Waals surface area contributed by atoms with Gasteiger partial charge in [-0.2, -0.15) is 0 Å². The van der Waals surface area contributed by atoms with Crippen molar-refractivity contribution in [3.8, 4) is 0 Å². The molecule has 0 saturated heterocycles. The SMILES string of the molecule is CCOP(=O)(C=CF)OC. The predicted octanol–water partition coefficient (Wildman–Crippen LogP) is 2.30. The molecule has 5 heteroatoms. The zero-order valence-corrected chi connectivity index (χ0v) is 6.81. The van der Waals surface area contributed by atoms with E-state index in [1.807, 2.05) is 0 Å². The van der Waals surface area contributed by atoms with E-state index in [9.17, 15) is 8.96 Å². The highest BCUT2D eigenvalue weighted by Gasteiger charge is 2.16. The first-order chi connectivity index (χ1) is 4.68. The molecule has 0 heterocycles. The highest BCUT2D eigenvalue weighted by molar-refractivity contribution is 7.57. The van der Waals surface area contributed by atoms with E-state index in [2.05, 4.69) is 9.05 Å². The molecule has 0 aliphatic carbocycles. The van der Waals surface area contributed by atoms with Crippen LogP contribution >= 0.6 is 7.60 Å². The molecular weight excluding hydrogens is 158 g/mol. The smallest absolute Gasteiger partial charge is 0.309 e. The fourth-order valence-corrected chi connectivity index (χ4v) is 1.22. The second-order valence-electron chi connectivity index (χ2n) is 1.42. The second-order valence-corrected chi connectivity index (χ2v) is 3.42. The van der Waals surface area contributed by atoms with Crippen LogP contribution in [0, 0.1) is 0 Å². The van der Waals surface area contributed by atoms with Crippen molar-refractivity contribution in [2.75, 3.05) is 13.7 Å². The van der Waals surface area contributed by atoms with E-state index in [-0.39, 0.29) is 12.9 Å². The van der Waals surface area contributed by atoms with E-state index in [0.717, 1.165) is 5.82 Å². The minimum Gasteiger partial charge on any atom is -0.309 e. The van der Waals surface area contributed by atoms with Crippen molar-refractivity contribution in [1.82, 2.24) is 0 Å². The topological polar surface area (TPSA) is 35.5 Å². The van der Waals surface area contributed by atoms with Crippen molar-refractivity contribution in [3.63, 3.8) is 0 Å². The average molecular weight is 168 g/mol. The van der Waals surface area contributed by atoms with Crippen LogP contribution in [0.15, 0.2) is 12.1 Å². The van der Waals surface area contributed by atoms with Crippen LogP contribution < -0.4 is 0 Å². The van der Waals surface area contributed by atoms with Gasteiger partial charge in [0.2, 0.25) is 0 Å². The van der Waals surface area contributed by atoms with Crippen LogP contribution in [0.4, 0.5) is 4.39 Å². The van der Waals surface area contributed by atoms with Gasteiger partial charge in [0.05, 0.1) is 18.8 Å². The van der Waals surface area contributed by atoms with E-state index in [0.29, 0.717) is 0 Å². The maximum absolute atomic E-state index is 11.5. The monoisotopic (exact) mass is 168 g/mol. The third kappa shape index (κ3) is 3.11. The van der Waals surface area contributed by atoms with Gasteiger partial charge in [0, 0.05) is 7.11 Å². The molecule has 3 nitrogen and oxygen atoms in total. The summed E-state index contributed by atoms with van der Waals surface area (Å²) in [7, 11) is -2.05. The first kappa shape index (κ1) is 9.82. The third-order valence-electron chi connectivity index (χ3n) is 0.802. The Morgan fingerprint density at radius 3 is 2.60 bits per heavy atom. The van der Waals surface area contributed by atoms with Crippen LogP contribution in [0.3, 0.4) is 0 Å². The van der Waals surface area contributed by atoms with Crippen molar-refractivity contribution < 1.29 is 18.0 Å². The van der Waals surface area contributed by atoms with Gasteiger partial charge in [-0.1, -0.05) is 0 Å². The summed E-state index contributed by atoms with van der Waals surface area (Å²) in [5.41, 5.74) is 0. The lowest BCUT2D eigenvalue weighted by atomic mass is 10.9. The Morgan fingerprint density at radius 2 is 2.30 bits per heavy atom. The molecule has 0 rings (SSSR count). The summed E-state index contributed by atoms with van der Waals surface area (Å²) in [6, 6.07) is 0. The Hall–Kier alpha value is -0.180. The predicted molar refractivity (Wildman–Crippen MR) is 36.5 cm³/mol. The zero-order valence-electron chi connectivity index (χ0n) is 5.91. The van der Waals surface area contributed by atoms with Crippen molar-refractivity contribution >= 4 is 7.60 Å². The van der Waals surface area contributed by atoms with Gasteiger partial charge in [-0.05, 0) is 6.92 Å². The summed E-state index contributed by atoms with van der Waals surface area (Å²) in [6.07, 6.45) is 0.153. The summed E-state index contributed by atoms with van der Waals surface area (Å²) in [6.45, 7) is 1.88. The summed E-state index contributed by atoms with van der Waals surface area (Å²) >= 11 is 0. The van der Waals surface area contributed by atoms with E-state index in [4.69, 9.17) is 0 Å². The van der Waals surface area contributed by atoms with Crippen LogP contribution in [-0.4, -0.2) is 13.7 Å². The van der Waals surface area contributed by atoms with Crippen molar-refractivity contribution in [3.05, 3.63) is 12.1 Å². The molecule has 0 aromatic carbocycles. The molecule has 1 unspecified atom stereocenters. The van der Waals surface area contributed by atoms with E-state index < -0.39 is 7.60 Å². The number of hydrogen-bond acceptors (Lipinski definition) is 3. The molecule has 0 N–H and O–H groups in total. The summed E-state index contributed by atoms with van der Waals surface area (Å²) in [4.78, 5) is 0. The number of halogens is 1. The van der Waals surface area contributed by atoms with E-state index >= 15 is 0 Å². The molecule has 0 saturated carbocycles. The van der Waals surface area contributed by atoms with Gasteiger partial charge in [-0.15, -0.1) is 0 Å². The normalized spacial score (nSPS) is 17.5. The lowest BCUT2D eigenvalue weighted by Crippen LogP contribution is -1.87. The molecule has 0 aromatic heterocycles. The molecule has 0 amide bonds. The number of hydrogen-bond donors (Lipinski definition) is 0. The minimum absolute atomic E-state index is 0.153. The highest BCUT2D eigenvalue weighted by atomic mass is 31.2. The van der Waals surface area contributed by atoms with Gasteiger partial charge in [-0.3, -0.25) is 4.57 Å². The lowest BCUT2D eigenvalue weighted by molar-refractivity contribution is 0.253. The van der Waals surface area contributed by atoms with Crippen LogP contribution in [-0.2, 0) is 13.6 Å². The first-order valence-corrected chi connectivity index (χ1v) is 4.37. The first-order valence-electron chi connectivity index (χ1n) is 2.76. The summed E-state index contributed by atoms with van der Waals surface area (Å²) in [5, 5.41) is 0. The van der Waals surface area contributed by atoms with Crippen LogP contribution in [0.2, 0.25) is 0 Å². The summed E-state index contributed by atoms with van der Waals surface area (Å²) < 4.78 is 31.5. The number of rotatable bonds is 4. The second kappa shape index (κ2) is 4.61. The Bertz CT molecular complexity index is 157. The molecule has 0 aromatic rings. The van der Waals surface area contributed by atoms with Crippen molar-refractivity contribution in [2.45, 2.75) is 6.92 Å². The minimum atomic E-state index is -3.26. The molecule has 0 aliphatic heterocycles. The highest BCUT2D eigenvalue weighted by Crippen LogP contribution is 2.48. The molecule has 10 heavy (non-hydrogen) atoms. The quantitative estimate of drug-likeness (QED) is 0.604. The van der Waals surface area contributed by atoms with Gasteiger partial charge >= 0.3 is 7.60 Å². The van der Waals surface area contributed by atoms with Gasteiger partial charge < -0.3 is 9.05 Å².